The first-order valence-corrected chi connectivity index (χ1v) is 7.21. The number of aromatic hydroxyl groups is 1. The molecule has 1 fully saturated rings. The summed E-state index contributed by atoms with van der Waals surface area (Å²) < 4.78 is 10.6. The van der Waals surface area contributed by atoms with Gasteiger partial charge in [-0.25, -0.2) is 9.79 Å². The molecule has 2 N–H and O–H groups in total. The lowest BCUT2D eigenvalue weighted by atomic mass is 10.1. The van der Waals surface area contributed by atoms with Gasteiger partial charge in [-0.15, -0.1) is 0 Å². The molecule has 3 rings (SSSR count). The van der Waals surface area contributed by atoms with E-state index in [4.69, 9.17) is 9.47 Å². The van der Waals surface area contributed by atoms with Crippen molar-refractivity contribution in [2.24, 2.45) is 4.99 Å². The number of aliphatic imine (C=N–C) groups is 1. The first-order chi connectivity index (χ1) is 10.2. The van der Waals surface area contributed by atoms with Crippen molar-refractivity contribution < 1.29 is 19.4 Å². The van der Waals surface area contributed by atoms with E-state index in [1.807, 2.05) is 0 Å². The number of ether oxygens (including phenoxy) is 2. The molecule has 0 aromatic heterocycles. The first kappa shape index (κ1) is 13.7. The van der Waals surface area contributed by atoms with Crippen LogP contribution in [0.15, 0.2) is 23.2 Å². The van der Waals surface area contributed by atoms with Crippen LogP contribution in [0.2, 0.25) is 0 Å². The van der Waals surface area contributed by atoms with E-state index < -0.39 is 6.09 Å². The fraction of sp³-hybridized carbons (Fsp3) is 0.467. The van der Waals surface area contributed by atoms with Gasteiger partial charge in [0.25, 0.3) is 0 Å². The minimum Gasteiger partial charge on any atom is -0.507 e. The molecule has 1 amide bonds. The Morgan fingerprint density at radius 1 is 1.38 bits per heavy atom. The van der Waals surface area contributed by atoms with Crippen LogP contribution in [0.25, 0.3) is 0 Å². The Kier molecular flexibility index (Phi) is 3.94. The summed E-state index contributed by atoms with van der Waals surface area (Å²) in [6.07, 6.45) is 3.82. The van der Waals surface area contributed by atoms with E-state index in [2.05, 4.69) is 10.3 Å². The van der Waals surface area contributed by atoms with E-state index in [0.717, 1.165) is 25.7 Å². The molecule has 6 nitrogen and oxygen atoms in total. The Morgan fingerprint density at radius 3 is 2.90 bits per heavy atom. The summed E-state index contributed by atoms with van der Waals surface area (Å²) in [6, 6.07) is 4.78. The molecule has 0 bridgehead atoms. The van der Waals surface area contributed by atoms with Gasteiger partial charge in [0.1, 0.15) is 18.1 Å². The van der Waals surface area contributed by atoms with E-state index >= 15 is 0 Å². The second-order valence-corrected chi connectivity index (χ2v) is 5.23. The molecular formula is C15H18N2O4. The highest BCUT2D eigenvalue weighted by Crippen LogP contribution is 2.25. The molecule has 0 saturated heterocycles. The molecule has 2 aliphatic rings. The number of carbonyl (C=O) groups excluding carboxylic acids is 1. The van der Waals surface area contributed by atoms with Crippen molar-refractivity contribution >= 4 is 12.0 Å². The second-order valence-electron chi connectivity index (χ2n) is 5.23. The standard InChI is InChI=1S/C15H18N2O4/c18-13-6-5-11(9-12(13)14-16-7-8-20-14)21-15(19)17-10-3-1-2-4-10/h5-6,9-10,18H,1-4,7-8H2,(H,17,19)/i15-1. The van der Waals surface area contributed by atoms with Gasteiger partial charge in [0, 0.05) is 6.04 Å². The third kappa shape index (κ3) is 3.26. The molecule has 1 aliphatic heterocycles. The summed E-state index contributed by atoms with van der Waals surface area (Å²) >= 11 is 0. The Balaban J connectivity index is 1.67. The van der Waals surface area contributed by atoms with Crippen molar-refractivity contribution in [3.63, 3.8) is 0 Å². The van der Waals surface area contributed by atoms with Crippen LogP contribution in [0.3, 0.4) is 0 Å². The van der Waals surface area contributed by atoms with Crippen LogP contribution in [0, 0.1) is 0 Å². The smallest absolute Gasteiger partial charge is 0.412 e. The largest absolute Gasteiger partial charge is 0.507 e. The molecular weight excluding hydrogens is 271 g/mol. The molecule has 112 valence electrons. The van der Waals surface area contributed by atoms with Crippen LogP contribution in [-0.2, 0) is 4.74 Å². The van der Waals surface area contributed by atoms with Crippen LogP contribution >= 0.6 is 0 Å². The number of hydrogen-bond acceptors (Lipinski definition) is 5. The van der Waals surface area contributed by atoms with Crippen LogP contribution < -0.4 is 10.1 Å². The summed E-state index contributed by atoms with van der Waals surface area (Å²) in [5.41, 5.74) is 0.443. The number of benzene rings is 1. The van der Waals surface area contributed by atoms with Crippen LogP contribution in [0.4, 0.5) is 4.79 Å². The number of nitrogens with one attached hydrogen (secondary N) is 1. The molecule has 0 radical (unpaired) electrons. The van der Waals surface area contributed by atoms with Crippen molar-refractivity contribution in [2.75, 3.05) is 13.2 Å². The number of phenolic OH excluding ortho intramolecular Hbond substituents is 1. The minimum absolute atomic E-state index is 0.0548. The number of nitrogens with zero attached hydrogens (tertiary/aromatic N) is 1. The lowest BCUT2D eigenvalue weighted by molar-refractivity contribution is 0.196. The van der Waals surface area contributed by atoms with Crippen LogP contribution in [-0.4, -0.2) is 36.3 Å². The maximum absolute atomic E-state index is 11.8. The Labute approximate surface area is 122 Å². The number of phenols is 1. The van der Waals surface area contributed by atoms with Crippen LogP contribution in [0.1, 0.15) is 31.2 Å². The maximum Gasteiger partial charge on any atom is 0.412 e. The van der Waals surface area contributed by atoms with Gasteiger partial charge in [-0.1, -0.05) is 12.8 Å². The predicted molar refractivity (Wildman–Crippen MR) is 76.9 cm³/mol. The van der Waals surface area contributed by atoms with Gasteiger partial charge in [0.2, 0.25) is 5.90 Å². The van der Waals surface area contributed by atoms with E-state index in [0.29, 0.717) is 30.4 Å². The van der Waals surface area contributed by atoms with Crippen molar-refractivity contribution in [3.05, 3.63) is 23.8 Å². The van der Waals surface area contributed by atoms with Crippen molar-refractivity contribution in [1.29, 1.82) is 0 Å². The van der Waals surface area contributed by atoms with Gasteiger partial charge in [0.05, 0.1) is 12.1 Å². The quantitative estimate of drug-likeness (QED) is 0.894. The molecule has 6 heteroatoms. The molecule has 1 aromatic rings. The normalized spacial score (nSPS) is 18.2. The minimum atomic E-state index is -0.465. The highest BCUT2D eigenvalue weighted by molar-refractivity contribution is 5.98. The highest BCUT2D eigenvalue weighted by atomic mass is 16.5. The fourth-order valence-corrected chi connectivity index (χ4v) is 2.62. The van der Waals surface area contributed by atoms with Gasteiger partial charge in [-0.2, -0.15) is 0 Å². The number of rotatable bonds is 3. The predicted octanol–water partition coefficient (Wildman–Crippen LogP) is 2.20. The molecule has 1 heterocycles. The third-order valence-corrected chi connectivity index (χ3v) is 3.67. The molecule has 0 spiro atoms. The Morgan fingerprint density at radius 2 is 2.19 bits per heavy atom. The molecule has 21 heavy (non-hydrogen) atoms. The van der Waals surface area contributed by atoms with Crippen molar-refractivity contribution in [1.82, 2.24) is 5.32 Å². The summed E-state index contributed by atoms with van der Waals surface area (Å²) in [4.78, 5) is 16.0. The number of carbonyl (C=O) groups is 1. The van der Waals surface area contributed by atoms with Gasteiger partial charge in [-0.3, -0.25) is 0 Å². The van der Waals surface area contributed by atoms with Crippen molar-refractivity contribution in [3.8, 4) is 11.5 Å². The topological polar surface area (TPSA) is 80.2 Å². The average Bonchev–Trinajstić information content (AvgIpc) is 3.13. The summed E-state index contributed by atoms with van der Waals surface area (Å²) in [6.45, 7) is 1.07. The van der Waals surface area contributed by atoms with Gasteiger partial charge < -0.3 is 19.9 Å². The summed E-state index contributed by atoms with van der Waals surface area (Å²) in [5.74, 6) is 0.796. The van der Waals surface area contributed by atoms with Gasteiger partial charge in [-0.05, 0) is 31.0 Å². The zero-order chi connectivity index (χ0) is 14.7. The fourth-order valence-electron chi connectivity index (χ4n) is 2.62. The van der Waals surface area contributed by atoms with E-state index in [-0.39, 0.29) is 11.8 Å². The number of hydrogen-bond donors (Lipinski definition) is 2. The van der Waals surface area contributed by atoms with Crippen LogP contribution in [0.5, 0.6) is 11.5 Å². The maximum atomic E-state index is 11.8. The molecule has 1 aromatic carbocycles. The lowest BCUT2D eigenvalue weighted by Gasteiger charge is -2.13. The monoisotopic (exact) mass is 289 g/mol. The van der Waals surface area contributed by atoms with E-state index in [1.54, 1.807) is 12.1 Å². The van der Waals surface area contributed by atoms with E-state index in [1.165, 1.54) is 6.07 Å². The molecule has 0 atom stereocenters. The molecule has 1 aliphatic carbocycles. The third-order valence-electron chi connectivity index (χ3n) is 3.67. The first-order valence-electron chi connectivity index (χ1n) is 7.21. The molecule has 0 unspecified atom stereocenters. The van der Waals surface area contributed by atoms with E-state index in [9.17, 15) is 9.90 Å². The van der Waals surface area contributed by atoms with Crippen molar-refractivity contribution in [2.45, 2.75) is 31.7 Å². The zero-order valence-electron chi connectivity index (χ0n) is 11.7. The Bertz CT molecular complexity index is 565. The lowest BCUT2D eigenvalue weighted by Crippen LogP contribution is -2.34. The second kappa shape index (κ2) is 6.03. The SMILES string of the molecule is O=[11C](NC1CCCC1)Oc1ccc(O)c(C2=NCCO2)c1. The van der Waals surface area contributed by atoms with Gasteiger partial charge >= 0.3 is 6.09 Å². The summed E-state index contributed by atoms with van der Waals surface area (Å²) in [5, 5.41) is 12.7. The summed E-state index contributed by atoms with van der Waals surface area (Å²) in [7, 11) is 0. The van der Waals surface area contributed by atoms with Gasteiger partial charge in [0.15, 0.2) is 0 Å². The zero-order valence-corrected chi connectivity index (χ0v) is 11.7. The Hall–Kier alpha value is -2.24. The number of amides is 1. The molecule has 1 saturated carbocycles. The highest BCUT2D eigenvalue weighted by Gasteiger charge is 2.19. The average molecular weight is 289 g/mol.